The summed E-state index contributed by atoms with van der Waals surface area (Å²) in [7, 11) is 0. The molecule has 0 heterocycles. The maximum Gasteiger partial charge on any atom is 0.0285 e. The van der Waals surface area contributed by atoms with Gasteiger partial charge in [0.25, 0.3) is 0 Å². The van der Waals surface area contributed by atoms with E-state index in [2.05, 4.69) is 0 Å². The molecule has 1 heteroatoms. The minimum Gasteiger partial charge on any atom is -0.306 e. The Morgan fingerprint density at radius 1 is 1.33 bits per heavy atom. The van der Waals surface area contributed by atoms with Crippen molar-refractivity contribution in [3.05, 3.63) is 23.8 Å². The Labute approximate surface area is 56.6 Å². The van der Waals surface area contributed by atoms with Gasteiger partial charge in [-0.3, -0.25) is 0 Å². The van der Waals surface area contributed by atoms with Gasteiger partial charge in [-0.05, 0) is 32.4 Å². The molecule has 0 fully saturated rings. The minimum absolute atomic E-state index is 0.602. The molecule has 9 heavy (non-hydrogen) atoms. The van der Waals surface area contributed by atoms with Gasteiger partial charge in [0.05, 0.1) is 0 Å². The van der Waals surface area contributed by atoms with Gasteiger partial charge < -0.3 is 5.41 Å². The molecule has 0 saturated carbocycles. The average molecular weight is 123 g/mol. The first-order chi connectivity index (χ1) is 4.16. The Kier molecular flexibility index (Phi) is 3.69. The molecular formula is C8H13N. The number of nitrogens with one attached hydrogen (secondary N) is 1. The zero-order valence-electron chi connectivity index (χ0n) is 6.23. The Morgan fingerprint density at radius 2 is 1.89 bits per heavy atom. The molecule has 0 aliphatic carbocycles. The van der Waals surface area contributed by atoms with Gasteiger partial charge in [0.2, 0.25) is 0 Å². The van der Waals surface area contributed by atoms with Crippen LogP contribution in [0.5, 0.6) is 0 Å². The van der Waals surface area contributed by atoms with E-state index in [1.165, 1.54) is 0 Å². The first kappa shape index (κ1) is 8.15. The summed E-state index contributed by atoms with van der Waals surface area (Å²) in [5, 5.41) is 7.09. The van der Waals surface area contributed by atoms with E-state index in [4.69, 9.17) is 5.41 Å². The van der Waals surface area contributed by atoms with E-state index in [9.17, 15) is 0 Å². The molecule has 0 rings (SSSR count). The summed E-state index contributed by atoms with van der Waals surface area (Å²) >= 11 is 0. The van der Waals surface area contributed by atoms with Crippen molar-refractivity contribution in [2.75, 3.05) is 0 Å². The summed E-state index contributed by atoms with van der Waals surface area (Å²) in [5.41, 5.74) is 1.73. The molecule has 1 nitrogen and oxygen atoms in total. The lowest BCUT2D eigenvalue weighted by Crippen LogP contribution is -1.80. The molecule has 0 amide bonds. The summed E-state index contributed by atoms with van der Waals surface area (Å²) in [4.78, 5) is 0. The fourth-order valence-electron chi connectivity index (χ4n) is 0.653. The van der Waals surface area contributed by atoms with Crippen molar-refractivity contribution in [3.63, 3.8) is 0 Å². The van der Waals surface area contributed by atoms with Crippen LogP contribution in [0.2, 0.25) is 0 Å². The van der Waals surface area contributed by atoms with Crippen molar-refractivity contribution in [1.29, 1.82) is 5.41 Å². The summed E-state index contributed by atoms with van der Waals surface area (Å²) in [5.74, 6) is 0. The second-order valence-electron chi connectivity index (χ2n) is 2.07. The average Bonchev–Trinajstić information content (AvgIpc) is 1.63. The topological polar surface area (TPSA) is 23.9 Å². The van der Waals surface area contributed by atoms with E-state index in [1.54, 1.807) is 6.92 Å². The molecule has 0 aromatic heterocycles. The number of hydrogen-bond acceptors (Lipinski definition) is 1. The molecule has 0 unspecified atom stereocenters. The van der Waals surface area contributed by atoms with Gasteiger partial charge in [0.15, 0.2) is 0 Å². The Morgan fingerprint density at radius 3 is 2.22 bits per heavy atom. The molecule has 0 atom stereocenters. The standard InChI is InChI=1S/C8H13N/c1-4-5-7(2)6-8(3)9/h4-6,9H,1-3H3/b5-4-,7-6-,9-8?. The Bertz CT molecular complexity index is 152. The molecule has 0 aromatic rings. The zero-order chi connectivity index (χ0) is 7.28. The van der Waals surface area contributed by atoms with Crippen molar-refractivity contribution in [3.8, 4) is 0 Å². The van der Waals surface area contributed by atoms with Gasteiger partial charge in [-0.2, -0.15) is 0 Å². The largest absolute Gasteiger partial charge is 0.306 e. The Hall–Kier alpha value is -0.850. The molecule has 1 N–H and O–H groups in total. The van der Waals surface area contributed by atoms with Crippen LogP contribution in [-0.4, -0.2) is 5.71 Å². The second-order valence-corrected chi connectivity index (χ2v) is 2.07. The highest BCUT2D eigenvalue weighted by molar-refractivity contribution is 5.90. The fraction of sp³-hybridized carbons (Fsp3) is 0.375. The van der Waals surface area contributed by atoms with E-state index < -0.39 is 0 Å². The normalized spacial score (nSPS) is 12.6. The molecule has 0 bridgehead atoms. The van der Waals surface area contributed by atoms with E-state index in [-0.39, 0.29) is 0 Å². The molecule has 0 radical (unpaired) electrons. The van der Waals surface area contributed by atoms with Crippen molar-refractivity contribution in [2.24, 2.45) is 0 Å². The predicted octanol–water partition coefficient (Wildman–Crippen LogP) is 2.55. The first-order valence-corrected chi connectivity index (χ1v) is 3.03. The van der Waals surface area contributed by atoms with Gasteiger partial charge in [0.1, 0.15) is 0 Å². The summed E-state index contributed by atoms with van der Waals surface area (Å²) in [6.07, 6.45) is 5.78. The van der Waals surface area contributed by atoms with E-state index in [0.717, 1.165) is 5.57 Å². The third kappa shape index (κ3) is 5.01. The molecule has 50 valence electrons. The van der Waals surface area contributed by atoms with Gasteiger partial charge in [-0.1, -0.05) is 12.2 Å². The fourth-order valence-corrected chi connectivity index (χ4v) is 0.653. The van der Waals surface area contributed by atoms with Crippen LogP contribution in [0.15, 0.2) is 23.8 Å². The smallest absolute Gasteiger partial charge is 0.0285 e. The second kappa shape index (κ2) is 4.07. The highest BCUT2D eigenvalue weighted by atomic mass is 14.4. The number of hydrogen-bond donors (Lipinski definition) is 1. The summed E-state index contributed by atoms with van der Waals surface area (Å²) in [6, 6.07) is 0. The van der Waals surface area contributed by atoms with Gasteiger partial charge in [-0.15, -0.1) is 0 Å². The van der Waals surface area contributed by atoms with Crippen LogP contribution >= 0.6 is 0 Å². The predicted molar refractivity (Wildman–Crippen MR) is 42.0 cm³/mol. The summed E-state index contributed by atoms with van der Waals surface area (Å²) < 4.78 is 0. The lowest BCUT2D eigenvalue weighted by atomic mass is 10.2. The van der Waals surface area contributed by atoms with Crippen LogP contribution in [0.3, 0.4) is 0 Å². The number of rotatable bonds is 2. The maximum absolute atomic E-state index is 7.09. The van der Waals surface area contributed by atoms with Gasteiger partial charge >= 0.3 is 0 Å². The highest BCUT2D eigenvalue weighted by Gasteiger charge is 1.80. The molecule has 0 spiro atoms. The van der Waals surface area contributed by atoms with Crippen LogP contribution < -0.4 is 0 Å². The summed E-state index contributed by atoms with van der Waals surface area (Å²) in [6.45, 7) is 5.72. The van der Waals surface area contributed by atoms with Crippen LogP contribution in [0.4, 0.5) is 0 Å². The van der Waals surface area contributed by atoms with Crippen LogP contribution in [0.25, 0.3) is 0 Å². The lowest BCUT2D eigenvalue weighted by Gasteiger charge is -1.87. The van der Waals surface area contributed by atoms with Crippen molar-refractivity contribution in [2.45, 2.75) is 20.8 Å². The van der Waals surface area contributed by atoms with E-state index in [0.29, 0.717) is 5.71 Å². The van der Waals surface area contributed by atoms with Crippen molar-refractivity contribution < 1.29 is 0 Å². The van der Waals surface area contributed by atoms with Crippen LogP contribution in [0.1, 0.15) is 20.8 Å². The zero-order valence-corrected chi connectivity index (χ0v) is 6.23. The van der Waals surface area contributed by atoms with Crippen molar-refractivity contribution >= 4 is 5.71 Å². The molecule has 0 aliphatic heterocycles. The first-order valence-electron chi connectivity index (χ1n) is 3.03. The third-order valence-corrected chi connectivity index (χ3v) is 0.874. The molecule has 0 aliphatic rings. The van der Waals surface area contributed by atoms with Crippen LogP contribution in [-0.2, 0) is 0 Å². The van der Waals surface area contributed by atoms with Crippen LogP contribution in [0, 0.1) is 5.41 Å². The lowest BCUT2D eigenvalue weighted by molar-refractivity contribution is 1.45. The highest BCUT2D eigenvalue weighted by Crippen LogP contribution is 1.93. The maximum atomic E-state index is 7.09. The number of allylic oxidation sites excluding steroid dienone is 4. The molecular weight excluding hydrogens is 110 g/mol. The van der Waals surface area contributed by atoms with E-state index in [1.807, 2.05) is 32.1 Å². The minimum atomic E-state index is 0.602. The quantitative estimate of drug-likeness (QED) is 0.431. The third-order valence-electron chi connectivity index (χ3n) is 0.874. The molecule has 0 saturated heterocycles. The monoisotopic (exact) mass is 123 g/mol. The Balaban J connectivity index is 4.00. The van der Waals surface area contributed by atoms with E-state index >= 15 is 0 Å². The van der Waals surface area contributed by atoms with Crippen molar-refractivity contribution in [1.82, 2.24) is 0 Å². The molecule has 0 aromatic carbocycles. The SMILES string of the molecule is C/C=C\C(C)=C/C(C)=N. The van der Waals surface area contributed by atoms with Gasteiger partial charge in [0, 0.05) is 5.71 Å². The van der Waals surface area contributed by atoms with Gasteiger partial charge in [-0.25, -0.2) is 0 Å².